The normalized spacial score (nSPS) is 10.1. The summed E-state index contributed by atoms with van der Waals surface area (Å²) in [6, 6.07) is 18.7. The Morgan fingerprint density at radius 3 is 2.44 bits per heavy atom. The second-order valence-corrected chi connectivity index (χ2v) is 4.20. The van der Waals surface area contributed by atoms with Crippen molar-refractivity contribution in [3.05, 3.63) is 60.2 Å². The third kappa shape index (κ3) is 3.04. The van der Waals surface area contributed by atoms with E-state index in [9.17, 15) is 0 Å². The average molecular weight is 241 g/mol. The zero-order chi connectivity index (χ0) is 12.8. The van der Waals surface area contributed by atoms with Gasteiger partial charge in [-0.1, -0.05) is 36.4 Å². The molecule has 2 nitrogen and oxygen atoms in total. The SMILES string of the molecule is CCN(Cc1ccccc1)c1cccc(OC)c1. The van der Waals surface area contributed by atoms with Crippen LogP contribution in [-0.2, 0) is 6.54 Å². The van der Waals surface area contributed by atoms with Crippen LogP contribution in [0.3, 0.4) is 0 Å². The largest absolute Gasteiger partial charge is 0.497 e. The van der Waals surface area contributed by atoms with Gasteiger partial charge in [-0.3, -0.25) is 0 Å². The van der Waals surface area contributed by atoms with E-state index in [2.05, 4.69) is 48.2 Å². The van der Waals surface area contributed by atoms with Gasteiger partial charge in [-0.15, -0.1) is 0 Å². The van der Waals surface area contributed by atoms with Crippen molar-refractivity contribution in [2.24, 2.45) is 0 Å². The molecular weight excluding hydrogens is 222 g/mol. The third-order valence-electron chi connectivity index (χ3n) is 3.02. The maximum atomic E-state index is 5.27. The van der Waals surface area contributed by atoms with Crippen LogP contribution >= 0.6 is 0 Å². The van der Waals surface area contributed by atoms with Crippen molar-refractivity contribution in [2.75, 3.05) is 18.6 Å². The van der Waals surface area contributed by atoms with Crippen LogP contribution in [0.2, 0.25) is 0 Å². The Morgan fingerprint density at radius 2 is 1.78 bits per heavy atom. The quantitative estimate of drug-likeness (QED) is 0.791. The topological polar surface area (TPSA) is 12.5 Å². The molecular formula is C16H19NO. The van der Waals surface area contributed by atoms with Gasteiger partial charge in [0.1, 0.15) is 5.75 Å². The Kier molecular flexibility index (Phi) is 4.24. The minimum atomic E-state index is 0.902. The van der Waals surface area contributed by atoms with E-state index in [1.54, 1.807) is 7.11 Å². The van der Waals surface area contributed by atoms with Crippen LogP contribution in [0.4, 0.5) is 5.69 Å². The smallest absolute Gasteiger partial charge is 0.120 e. The van der Waals surface area contributed by atoms with E-state index < -0.39 is 0 Å². The molecule has 0 bridgehead atoms. The first kappa shape index (κ1) is 12.5. The van der Waals surface area contributed by atoms with E-state index in [4.69, 9.17) is 4.74 Å². The van der Waals surface area contributed by atoms with E-state index in [1.807, 2.05) is 18.2 Å². The number of ether oxygens (including phenoxy) is 1. The lowest BCUT2D eigenvalue weighted by atomic mass is 10.2. The lowest BCUT2D eigenvalue weighted by molar-refractivity contribution is 0.415. The van der Waals surface area contributed by atoms with E-state index >= 15 is 0 Å². The number of rotatable bonds is 5. The lowest BCUT2D eigenvalue weighted by Crippen LogP contribution is -2.21. The van der Waals surface area contributed by atoms with Gasteiger partial charge in [-0.2, -0.15) is 0 Å². The molecule has 0 atom stereocenters. The molecule has 0 amide bonds. The standard InChI is InChI=1S/C16H19NO/c1-3-17(13-14-8-5-4-6-9-14)15-10-7-11-16(12-15)18-2/h4-12H,3,13H2,1-2H3. The Labute approximate surface area is 109 Å². The molecule has 0 radical (unpaired) electrons. The molecule has 2 aromatic carbocycles. The van der Waals surface area contributed by atoms with Crippen molar-refractivity contribution in [3.8, 4) is 5.75 Å². The maximum absolute atomic E-state index is 5.27. The van der Waals surface area contributed by atoms with Crippen molar-refractivity contribution in [2.45, 2.75) is 13.5 Å². The van der Waals surface area contributed by atoms with Gasteiger partial charge in [-0.05, 0) is 24.6 Å². The number of anilines is 1. The fourth-order valence-electron chi connectivity index (χ4n) is 2.00. The summed E-state index contributed by atoms with van der Waals surface area (Å²) in [5.74, 6) is 0.902. The van der Waals surface area contributed by atoms with Crippen LogP contribution < -0.4 is 9.64 Å². The highest BCUT2D eigenvalue weighted by atomic mass is 16.5. The van der Waals surface area contributed by atoms with Crippen molar-refractivity contribution < 1.29 is 4.74 Å². The molecule has 2 aromatic rings. The van der Waals surface area contributed by atoms with E-state index in [-0.39, 0.29) is 0 Å². The predicted molar refractivity (Wildman–Crippen MR) is 76.2 cm³/mol. The summed E-state index contributed by atoms with van der Waals surface area (Å²) in [4.78, 5) is 2.33. The maximum Gasteiger partial charge on any atom is 0.120 e. The van der Waals surface area contributed by atoms with Crippen molar-refractivity contribution >= 4 is 5.69 Å². The molecule has 0 aliphatic heterocycles. The number of benzene rings is 2. The number of hydrogen-bond acceptors (Lipinski definition) is 2. The Morgan fingerprint density at radius 1 is 1.00 bits per heavy atom. The molecule has 0 saturated heterocycles. The van der Waals surface area contributed by atoms with Gasteiger partial charge in [-0.25, -0.2) is 0 Å². The first-order valence-electron chi connectivity index (χ1n) is 6.26. The number of hydrogen-bond donors (Lipinski definition) is 0. The van der Waals surface area contributed by atoms with E-state index in [0.717, 1.165) is 18.8 Å². The van der Waals surface area contributed by atoms with Gasteiger partial charge in [0.05, 0.1) is 7.11 Å². The molecule has 0 aliphatic carbocycles. The van der Waals surface area contributed by atoms with Crippen LogP contribution in [0.25, 0.3) is 0 Å². The van der Waals surface area contributed by atoms with Crippen LogP contribution in [0, 0.1) is 0 Å². The predicted octanol–water partition coefficient (Wildman–Crippen LogP) is 3.72. The van der Waals surface area contributed by atoms with E-state index in [0.29, 0.717) is 0 Å². The summed E-state index contributed by atoms with van der Waals surface area (Å²) in [5, 5.41) is 0. The highest BCUT2D eigenvalue weighted by Gasteiger charge is 2.05. The van der Waals surface area contributed by atoms with Crippen LogP contribution in [0.15, 0.2) is 54.6 Å². The van der Waals surface area contributed by atoms with Crippen molar-refractivity contribution in [3.63, 3.8) is 0 Å². The van der Waals surface area contributed by atoms with Gasteiger partial charge >= 0.3 is 0 Å². The monoisotopic (exact) mass is 241 g/mol. The molecule has 0 heterocycles. The summed E-state index contributed by atoms with van der Waals surface area (Å²) in [6.07, 6.45) is 0. The average Bonchev–Trinajstić information content (AvgIpc) is 2.46. The second kappa shape index (κ2) is 6.10. The summed E-state index contributed by atoms with van der Waals surface area (Å²) in [7, 11) is 1.70. The molecule has 18 heavy (non-hydrogen) atoms. The van der Waals surface area contributed by atoms with Gasteiger partial charge in [0, 0.05) is 24.8 Å². The zero-order valence-corrected chi connectivity index (χ0v) is 11.0. The molecule has 2 heteroatoms. The van der Waals surface area contributed by atoms with E-state index in [1.165, 1.54) is 11.3 Å². The van der Waals surface area contributed by atoms with Crippen LogP contribution in [-0.4, -0.2) is 13.7 Å². The fraction of sp³-hybridized carbons (Fsp3) is 0.250. The van der Waals surface area contributed by atoms with Crippen molar-refractivity contribution in [1.29, 1.82) is 0 Å². The zero-order valence-electron chi connectivity index (χ0n) is 11.0. The van der Waals surface area contributed by atoms with Crippen LogP contribution in [0.5, 0.6) is 5.75 Å². The molecule has 0 saturated carbocycles. The Hall–Kier alpha value is -1.96. The lowest BCUT2D eigenvalue weighted by Gasteiger charge is -2.23. The molecule has 0 N–H and O–H groups in total. The van der Waals surface area contributed by atoms with Gasteiger partial charge in [0.2, 0.25) is 0 Å². The fourth-order valence-corrected chi connectivity index (χ4v) is 2.00. The Balaban J connectivity index is 2.17. The first-order chi connectivity index (χ1) is 8.83. The van der Waals surface area contributed by atoms with Crippen LogP contribution in [0.1, 0.15) is 12.5 Å². The minimum Gasteiger partial charge on any atom is -0.497 e. The Bertz CT molecular complexity index is 481. The molecule has 2 rings (SSSR count). The number of nitrogens with zero attached hydrogens (tertiary/aromatic N) is 1. The van der Waals surface area contributed by atoms with Crippen molar-refractivity contribution in [1.82, 2.24) is 0 Å². The first-order valence-corrected chi connectivity index (χ1v) is 6.26. The molecule has 94 valence electrons. The summed E-state index contributed by atoms with van der Waals surface area (Å²) in [6.45, 7) is 4.06. The minimum absolute atomic E-state index is 0.902. The summed E-state index contributed by atoms with van der Waals surface area (Å²) in [5.41, 5.74) is 2.52. The highest BCUT2D eigenvalue weighted by Crippen LogP contribution is 2.22. The number of methoxy groups -OCH3 is 1. The molecule has 0 aromatic heterocycles. The highest BCUT2D eigenvalue weighted by molar-refractivity contribution is 5.51. The summed E-state index contributed by atoms with van der Waals surface area (Å²) < 4.78 is 5.27. The van der Waals surface area contributed by atoms with Gasteiger partial charge in [0.15, 0.2) is 0 Å². The third-order valence-corrected chi connectivity index (χ3v) is 3.02. The second-order valence-electron chi connectivity index (χ2n) is 4.20. The molecule has 0 unspecified atom stereocenters. The van der Waals surface area contributed by atoms with Gasteiger partial charge in [0.25, 0.3) is 0 Å². The molecule has 0 fully saturated rings. The molecule has 0 aliphatic rings. The van der Waals surface area contributed by atoms with Gasteiger partial charge < -0.3 is 9.64 Å². The summed E-state index contributed by atoms with van der Waals surface area (Å²) >= 11 is 0. The molecule has 0 spiro atoms.